The van der Waals surface area contributed by atoms with Gasteiger partial charge in [-0.05, 0) is 6.42 Å². The number of likely N-dealkylation sites (N-methyl/N-ethyl adjacent to an activating group) is 1. The molecular formula is C19H40NO3+. The van der Waals surface area contributed by atoms with Crippen molar-refractivity contribution in [1.29, 1.82) is 0 Å². The lowest BCUT2D eigenvalue weighted by molar-refractivity contribution is -0.870. The van der Waals surface area contributed by atoms with Gasteiger partial charge in [0.1, 0.15) is 13.2 Å². The SMILES string of the molecule is CCCCCCCCCCCC(=O)OCCOCC[N+](C)(C)C. The van der Waals surface area contributed by atoms with Crippen molar-refractivity contribution in [3.05, 3.63) is 0 Å². The van der Waals surface area contributed by atoms with Crippen LogP contribution in [0.15, 0.2) is 0 Å². The minimum atomic E-state index is -0.0804. The molecule has 0 heterocycles. The summed E-state index contributed by atoms with van der Waals surface area (Å²) < 4.78 is 11.5. The van der Waals surface area contributed by atoms with Gasteiger partial charge < -0.3 is 14.0 Å². The lowest BCUT2D eigenvalue weighted by Gasteiger charge is -2.23. The van der Waals surface area contributed by atoms with Gasteiger partial charge in [0, 0.05) is 6.42 Å². The first-order chi connectivity index (χ1) is 11.0. The summed E-state index contributed by atoms with van der Waals surface area (Å²) in [6.45, 7) is 4.80. The highest BCUT2D eigenvalue weighted by molar-refractivity contribution is 5.69. The number of hydrogen-bond acceptors (Lipinski definition) is 3. The number of esters is 1. The predicted octanol–water partition coefficient (Wildman–Crippen LogP) is 4.17. The lowest BCUT2D eigenvalue weighted by Crippen LogP contribution is -2.37. The number of quaternary nitrogens is 1. The van der Waals surface area contributed by atoms with E-state index in [0.29, 0.717) is 26.2 Å². The summed E-state index contributed by atoms with van der Waals surface area (Å²) in [4.78, 5) is 11.6. The van der Waals surface area contributed by atoms with E-state index in [-0.39, 0.29) is 5.97 Å². The first-order valence-electron chi connectivity index (χ1n) is 9.49. The quantitative estimate of drug-likeness (QED) is 0.242. The Hall–Kier alpha value is -0.610. The van der Waals surface area contributed by atoms with Gasteiger partial charge in [-0.25, -0.2) is 0 Å². The number of ether oxygens (including phenoxy) is 2. The van der Waals surface area contributed by atoms with Crippen LogP contribution in [-0.4, -0.2) is 58.0 Å². The van der Waals surface area contributed by atoms with Gasteiger partial charge in [0.25, 0.3) is 0 Å². The summed E-state index contributed by atoms with van der Waals surface area (Å²) in [6.07, 6.45) is 12.0. The molecule has 0 aliphatic carbocycles. The van der Waals surface area contributed by atoms with Crippen molar-refractivity contribution in [3.63, 3.8) is 0 Å². The van der Waals surface area contributed by atoms with Gasteiger partial charge in [0.15, 0.2) is 0 Å². The monoisotopic (exact) mass is 330 g/mol. The van der Waals surface area contributed by atoms with Crippen LogP contribution in [0.4, 0.5) is 0 Å². The summed E-state index contributed by atoms with van der Waals surface area (Å²) in [5.41, 5.74) is 0. The van der Waals surface area contributed by atoms with Gasteiger partial charge in [0.2, 0.25) is 0 Å². The Bertz CT molecular complexity index is 274. The van der Waals surface area contributed by atoms with Gasteiger partial charge >= 0.3 is 5.97 Å². The summed E-state index contributed by atoms with van der Waals surface area (Å²) >= 11 is 0. The molecule has 0 rings (SSSR count). The van der Waals surface area contributed by atoms with Crippen LogP contribution in [0.1, 0.15) is 71.1 Å². The molecule has 0 amide bonds. The minimum absolute atomic E-state index is 0.0804. The summed E-state index contributed by atoms with van der Waals surface area (Å²) in [6, 6.07) is 0. The fourth-order valence-corrected chi connectivity index (χ4v) is 2.31. The first-order valence-corrected chi connectivity index (χ1v) is 9.49. The molecule has 0 spiro atoms. The molecule has 4 heteroatoms. The fraction of sp³-hybridized carbons (Fsp3) is 0.947. The van der Waals surface area contributed by atoms with E-state index in [4.69, 9.17) is 9.47 Å². The molecule has 0 aromatic heterocycles. The third kappa shape index (κ3) is 19.3. The van der Waals surface area contributed by atoms with Gasteiger partial charge in [-0.2, -0.15) is 0 Å². The van der Waals surface area contributed by atoms with Crippen molar-refractivity contribution in [1.82, 2.24) is 0 Å². The van der Waals surface area contributed by atoms with E-state index in [1.54, 1.807) is 0 Å². The number of carbonyl (C=O) groups is 1. The molecule has 0 N–H and O–H groups in total. The van der Waals surface area contributed by atoms with Crippen LogP contribution in [0.5, 0.6) is 0 Å². The third-order valence-electron chi connectivity index (χ3n) is 3.88. The zero-order valence-electron chi connectivity index (χ0n) is 16.1. The maximum Gasteiger partial charge on any atom is 0.305 e. The Balaban J connectivity index is 3.22. The van der Waals surface area contributed by atoms with Gasteiger partial charge in [0.05, 0.1) is 34.4 Å². The highest BCUT2D eigenvalue weighted by atomic mass is 16.6. The molecule has 4 nitrogen and oxygen atoms in total. The molecule has 0 atom stereocenters. The highest BCUT2D eigenvalue weighted by Crippen LogP contribution is 2.10. The van der Waals surface area contributed by atoms with Crippen molar-refractivity contribution >= 4 is 5.97 Å². The smallest absolute Gasteiger partial charge is 0.305 e. The van der Waals surface area contributed by atoms with E-state index < -0.39 is 0 Å². The second-order valence-corrected chi connectivity index (χ2v) is 7.43. The van der Waals surface area contributed by atoms with E-state index in [0.717, 1.165) is 23.9 Å². The summed E-state index contributed by atoms with van der Waals surface area (Å²) in [5.74, 6) is -0.0804. The topological polar surface area (TPSA) is 35.5 Å². The molecule has 23 heavy (non-hydrogen) atoms. The Morgan fingerprint density at radius 2 is 1.35 bits per heavy atom. The van der Waals surface area contributed by atoms with Crippen molar-refractivity contribution in [3.8, 4) is 0 Å². The average Bonchev–Trinajstić information content (AvgIpc) is 2.48. The normalized spacial score (nSPS) is 11.7. The predicted molar refractivity (Wildman–Crippen MR) is 96.5 cm³/mol. The van der Waals surface area contributed by atoms with Gasteiger partial charge in [-0.15, -0.1) is 0 Å². The van der Waals surface area contributed by atoms with Crippen LogP contribution in [-0.2, 0) is 14.3 Å². The van der Waals surface area contributed by atoms with Crippen molar-refractivity contribution < 1.29 is 18.8 Å². The van der Waals surface area contributed by atoms with E-state index in [1.165, 1.54) is 44.9 Å². The molecule has 0 radical (unpaired) electrons. The first kappa shape index (κ1) is 22.4. The molecule has 0 bridgehead atoms. The van der Waals surface area contributed by atoms with E-state index in [2.05, 4.69) is 28.1 Å². The van der Waals surface area contributed by atoms with Gasteiger partial charge in [-0.1, -0.05) is 58.3 Å². The van der Waals surface area contributed by atoms with Crippen molar-refractivity contribution in [2.75, 3.05) is 47.5 Å². The second-order valence-electron chi connectivity index (χ2n) is 7.43. The number of carbonyl (C=O) groups excluding carboxylic acids is 1. The Morgan fingerprint density at radius 3 is 1.91 bits per heavy atom. The van der Waals surface area contributed by atoms with Crippen LogP contribution in [0.3, 0.4) is 0 Å². The third-order valence-corrected chi connectivity index (χ3v) is 3.88. The molecule has 0 aliphatic heterocycles. The molecule has 0 aliphatic rings. The minimum Gasteiger partial charge on any atom is -0.463 e. The van der Waals surface area contributed by atoms with Crippen LogP contribution < -0.4 is 0 Å². The zero-order valence-corrected chi connectivity index (χ0v) is 16.1. The lowest BCUT2D eigenvalue weighted by atomic mass is 10.1. The standard InChI is InChI=1S/C19H40NO3/c1-5-6-7-8-9-10-11-12-13-14-19(21)23-18-17-22-16-15-20(2,3)4/h5-18H2,1-4H3/q+1. The molecule has 0 saturated carbocycles. The summed E-state index contributed by atoms with van der Waals surface area (Å²) in [5, 5.41) is 0. The Kier molecular flexibility index (Phi) is 14.6. The van der Waals surface area contributed by atoms with Crippen molar-refractivity contribution in [2.24, 2.45) is 0 Å². The van der Waals surface area contributed by atoms with E-state index >= 15 is 0 Å². The zero-order chi connectivity index (χ0) is 17.4. The number of rotatable bonds is 16. The maximum absolute atomic E-state index is 11.6. The molecule has 0 aromatic carbocycles. The fourth-order valence-electron chi connectivity index (χ4n) is 2.31. The Labute approximate surface area is 144 Å². The van der Waals surface area contributed by atoms with Crippen molar-refractivity contribution in [2.45, 2.75) is 71.1 Å². The molecule has 0 unspecified atom stereocenters. The maximum atomic E-state index is 11.6. The van der Waals surface area contributed by atoms with Crippen LogP contribution in [0.25, 0.3) is 0 Å². The molecule has 138 valence electrons. The van der Waals surface area contributed by atoms with Crippen LogP contribution in [0.2, 0.25) is 0 Å². The number of unbranched alkanes of at least 4 members (excludes halogenated alkanes) is 8. The number of nitrogens with zero attached hydrogens (tertiary/aromatic N) is 1. The van der Waals surface area contributed by atoms with E-state index in [9.17, 15) is 4.79 Å². The van der Waals surface area contributed by atoms with Gasteiger partial charge in [-0.3, -0.25) is 4.79 Å². The molecule has 0 saturated heterocycles. The molecule has 0 fully saturated rings. The summed E-state index contributed by atoms with van der Waals surface area (Å²) in [7, 11) is 6.40. The average molecular weight is 331 g/mol. The largest absolute Gasteiger partial charge is 0.463 e. The van der Waals surface area contributed by atoms with Crippen LogP contribution >= 0.6 is 0 Å². The highest BCUT2D eigenvalue weighted by Gasteiger charge is 2.06. The Morgan fingerprint density at radius 1 is 0.783 bits per heavy atom. The number of hydrogen-bond donors (Lipinski definition) is 0. The molecular weight excluding hydrogens is 290 g/mol. The van der Waals surface area contributed by atoms with E-state index in [1.807, 2.05) is 0 Å². The molecule has 0 aromatic rings. The second kappa shape index (κ2) is 14.9. The van der Waals surface area contributed by atoms with Crippen LogP contribution in [0, 0.1) is 0 Å².